The van der Waals surface area contributed by atoms with Crippen molar-refractivity contribution in [2.24, 2.45) is 0 Å². The maximum Gasteiger partial charge on any atom is 0.222 e. The molecular weight excluding hydrogens is 350 g/mol. The van der Waals surface area contributed by atoms with Crippen molar-refractivity contribution in [3.8, 4) is 0 Å². The van der Waals surface area contributed by atoms with E-state index in [-0.39, 0.29) is 6.04 Å². The van der Waals surface area contributed by atoms with Gasteiger partial charge in [-0.3, -0.25) is 0 Å². The van der Waals surface area contributed by atoms with Crippen LogP contribution < -0.4 is 15.5 Å². The van der Waals surface area contributed by atoms with Gasteiger partial charge in [0.1, 0.15) is 5.82 Å². The molecule has 2 aliphatic heterocycles. The lowest BCUT2D eigenvalue weighted by molar-refractivity contribution is 0.134. The quantitative estimate of drug-likeness (QED) is 0.872. The van der Waals surface area contributed by atoms with Crippen molar-refractivity contribution in [2.75, 3.05) is 48.9 Å². The van der Waals surface area contributed by atoms with E-state index in [0.717, 1.165) is 54.6 Å². The van der Waals surface area contributed by atoms with Crippen molar-refractivity contribution < 1.29 is 4.74 Å². The molecule has 0 bridgehead atoms. The van der Waals surface area contributed by atoms with Gasteiger partial charge in [0.15, 0.2) is 0 Å². The molecule has 1 atom stereocenters. The predicted octanol–water partition coefficient (Wildman–Crippen LogP) is 2.98. The Bertz CT molecular complexity index is 808. The fourth-order valence-corrected chi connectivity index (χ4v) is 4.16. The number of hydrogen-bond acceptors (Lipinski definition) is 6. The number of fused-ring (bicyclic) bond motifs is 1. The summed E-state index contributed by atoms with van der Waals surface area (Å²) in [5.74, 6) is 1.13. The van der Waals surface area contributed by atoms with E-state index in [1.54, 1.807) is 0 Å². The van der Waals surface area contributed by atoms with E-state index >= 15 is 0 Å². The number of aryl methyl sites for hydroxylation is 1. The van der Waals surface area contributed by atoms with Crippen LogP contribution in [-0.2, 0) is 11.2 Å². The van der Waals surface area contributed by atoms with Crippen molar-refractivity contribution in [3.05, 3.63) is 40.0 Å². The number of ether oxygens (including phenoxy) is 1. The lowest BCUT2D eigenvalue weighted by Crippen LogP contribution is -2.32. The molecule has 0 saturated carbocycles. The summed E-state index contributed by atoms with van der Waals surface area (Å²) in [6, 6.07) is 6.31. The maximum atomic E-state index is 6.71. The monoisotopic (exact) mass is 373 g/mol. The lowest BCUT2D eigenvalue weighted by Gasteiger charge is -2.32. The van der Waals surface area contributed by atoms with Crippen molar-refractivity contribution in [2.45, 2.75) is 25.8 Å². The van der Waals surface area contributed by atoms with Crippen LogP contribution in [-0.4, -0.2) is 43.3 Å². The number of nitrogen functional groups attached to an aromatic ring is 1. The summed E-state index contributed by atoms with van der Waals surface area (Å²) in [7, 11) is 2.11. The minimum atomic E-state index is 0.00917. The zero-order valence-corrected chi connectivity index (χ0v) is 16.0. The van der Waals surface area contributed by atoms with Gasteiger partial charge in [-0.2, -0.15) is 4.98 Å². The molecule has 1 aromatic carbocycles. The van der Waals surface area contributed by atoms with Crippen LogP contribution >= 0.6 is 11.6 Å². The van der Waals surface area contributed by atoms with Gasteiger partial charge in [0.2, 0.25) is 5.95 Å². The Morgan fingerprint density at radius 2 is 2.08 bits per heavy atom. The van der Waals surface area contributed by atoms with Crippen LogP contribution in [0.2, 0.25) is 5.02 Å². The van der Waals surface area contributed by atoms with Crippen LogP contribution in [0.5, 0.6) is 0 Å². The Morgan fingerprint density at radius 1 is 1.23 bits per heavy atom. The number of halogens is 1. The highest BCUT2D eigenvalue weighted by Crippen LogP contribution is 2.38. The molecule has 1 aromatic heterocycles. The molecule has 0 radical (unpaired) electrons. The van der Waals surface area contributed by atoms with Gasteiger partial charge in [-0.05, 0) is 37.0 Å². The largest absolute Gasteiger partial charge is 0.379 e. The second kappa shape index (κ2) is 6.93. The highest BCUT2D eigenvalue weighted by molar-refractivity contribution is 6.31. The first-order chi connectivity index (χ1) is 12.5. The van der Waals surface area contributed by atoms with Gasteiger partial charge in [-0.15, -0.1) is 0 Å². The minimum absolute atomic E-state index is 0.00917. The fraction of sp³-hybridized carbons (Fsp3) is 0.474. The lowest BCUT2D eigenvalue weighted by atomic mass is 10.0. The molecule has 138 valence electrons. The third kappa shape index (κ3) is 3.19. The van der Waals surface area contributed by atoms with Crippen LogP contribution in [0, 0.1) is 6.92 Å². The van der Waals surface area contributed by atoms with Crippen LogP contribution in [0.3, 0.4) is 0 Å². The van der Waals surface area contributed by atoms with Gasteiger partial charge in [-0.1, -0.05) is 17.7 Å². The molecule has 7 heteroatoms. The molecule has 0 spiro atoms. The summed E-state index contributed by atoms with van der Waals surface area (Å²) in [6.07, 6.45) is 1.98. The minimum Gasteiger partial charge on any atom is -0.379 e. The zero-order valence-electron chi connectivity index (χ0n) is 15.2. The van der Waals surface area contributed by atoms with Gasteiger partial charge in [0, 0.05) is 49.2 Å². The van der Waals surface area contributed by atoms with Crippen LogP contribution in [0.15, 0.2) is 18.2 Å². The van der Waals surface area contributed by atoms with E-state index in [2.05, 4.69) is 38.9 Å². The van der Waals surface area contributed by atoms with Gasteiger partial charge in [-0.25, -0.2) is 4.98 Å². The van der Waals surface area contributed by atoms with E-state index in [1.165, 1.54) is 11.3 Å². The number of aromatic nitrogens is 2. The van der Waals surface area contributed by atoms with Gasteiger partial charge in [0.25, 0.3) is 0 Å². The number of rotatable bonds is 2. The molecule has 2 aliphatic rings. The second-order valence-electron chi connectivity index (χ2n) is 7.04. The molecular formula is C19H24ClN5O. The van der Waals surface area contributed by atoms with E-state index in [0.29, 0.717) is 12.6 Å². The molecule has 1 saturated heterocycles. The SMILES string of the molecule is Cc1cc(N2CCCOC[C@@H]2c2cc3c(cc2Cl)N(C)CC3)nc(N)n1. The third-order valence-electron chi connectivity index (χ3n) is 5.18. The molecule has 0 amide bonds. The topological polar surface area (TPSA) is 67.5 Å². The Balaban J connectivity index is 1.77. The second-order valence-corrected chi connectivity index (χ2v) is 7.44. The van der Waals surface area contributed by atoms with Crippen LogP contribution in [0.25, 0.3) is 0 Å². The summed E-state index contributed by atoms with van der Waals surface area (Å²) in [6.45, 7) is 5.12. The molecule has 26 heavy (non-hydrogen) atoms. The van der Waals surface area contributed by atoms with Crippen molar-refractivity contribution in [3.63, 3.8) is 0 Å². The summed E-state index contributed by atoms with van der Waals surface area (Å²) in [5, 5.41) is 0.775. The highest BCUT2D eigenvalue weighted by Gasteiger charge is 2.29. The summed E-state index contributed by atoms with van der Waals surface area (Å²) in [5.41, 5.74) is 10.4. The molecule has 2 N–H and O–H groups in total. The molecule has 1 fully saturated rings. The first kappa shape index (κ1) is 17.4. The number of hydrogen-bond donors (Lipinski definition) is 1. The summed E-state index contributed by atoms with van der Waals surface area (Å²) < 4.78 is 5.88. The van der Waals surface area contributed by atoms with E-state index < -0.39 is 0 Å². The normalized spacial score (nSPS) is 20.2. The van der Waals surface area contributed by atoms with E-state index in [4.69, 9.17) is 22.1 Å². The molecule has 2 aromatic rings. The first-order valence-electron chi connectivity index (χ1n) is 9.02. The Hall–Kier alpha value is -2.05. The number of anilines is 3. The molecule has 6 nitrogen and oxygen atoms in total. The van der Waals surface area contributed by atoms with E-state index in [1.807, 2.05) is 13.0 Å². The average Bonchev–Trinajstić information content (AvgIpc) is 2.81. The number of nitrogens with zero attached hydrogens (tertiary/aromatic N) is 4. The Morgan fingerprint density at radius 3 is 2.88 bits per heavy atom. The summed E-state index contributed by atoms with van der Waals surface area (Å²) >= 11 is 6.71. The smallest absolute Gasteiger partial charge is 0.222 e. The van der Waals surface area contributed by atoms with Gasteiger partial charge < -0.3 is 20.3 Å². The van der Waals surface area contributed by atoms with Gasteiger partial charge >= 0.3 is 0 Å². The van der Waals surface area contributed by atoms with Crippen LogP contribution in [0.1, 0.15) is 29.3 Å². The van der Waals surface area contributed by atoms with Gasteiger partial charge in [0.05, 0.1) is 12.6 Å². The van der Waals surface area contributed by atoms with Crippen molar-refractivity contribution >= 4 is 29.1 Å². The fourth-order valence-electron chi connectivity index (χ4n) is 3.88. The Kier molecular flexibility index (Phi) is 4.63. The van der Waals surface area contributed by atoms with E-state index in [9.17, 15) is 0 Å². The van der Waals surface area contributed by atoms with Crippen molar-refractivity contribution in [1.29, 1.82) is 0 Å². The average molecular weight is 374 g/mol. The Labute approximate surface area is 158 Å². The van der Waals surface area contributed by atoms with Crippen LogP contribution in [0.4, 0.5) is 17.5 Å². The summed E-state index contributed by atoms with van der Waals surface area (Å²) in [4.78, 5) is 13.2. The van der Waals surface area contributed by atoms with Crippen molar-refractivity contribution in [1.82, 2.24) is 9.97 Å². The molecule has 0 aliphatic carbocycles. The highest BCUT2D eigenvalue weighted by atomic mass is 35.5. The molecule has 0 unspecified atom stereocenters. The molecule has 4 rings (SSSR count). The molecule has 3 heterocycles. The number of likely N-dealkylation sites (N-methyl/N-ethyl adjacent to an activating group) is 1. The first-order valence-corrected chi connectivity index (χ1v) is 9.40. The standard InChI is InChI=1S/C19H24ClN5O/c1-12-8-18(23-19(21)22-12)25-5-3-7-26-11-17(25)14-9-13-4-6-24(2)16(13)10-15(14)20/h8-10,17H,3-7,11H2,1-2H3,(H2,21,22,23)/t17-/m1/s1. The number of nitrogens with two attached hydrogens (primary N) is 1. The zero-order chi connectivity index (χ0) is 18.3. The maximum absolute atomic E-state index is 6.71. The number of benzene rings is 1. The third-order valence-corrected chi connectivity index (χ3v) is 5.50. The predicted molar refractivity (Wildman–Crippen MR) is 105 cm³/mol.